The first-order valence-corrected chi connectivity index (χ1v) is 7.63. The molecule has 0 radical (unpaired) electrons. The van der Waals surface area contributed by atoms with E-state index < -0.39 is 0 Å². The summed E-state index contributed by atoms with van der Waals surface area (Å²) < 4.78 is 2.03. The third-order valence-corrected chi connectivity index (χ3v) is 4.61. The Morgan fingerprint density at radius 3 is 2.71 bits per heavy atom. The van der Waals surface area contributed by atoms with E-state index in [9.17, 15) is 4.79 Å². The van der Waals surface area contributed by atoms with E-state index in [-0.39, 0.29) is 11.7 Å². The van der Waals surface area contributed by atoms with E-state index >= 15 is 0 Å². The zero-order valence-corrected chi connectivity index (χ0v) is 13.0. The number of thioether (sulfide) groups is 1. The molecule has 0 aliphatic rings. The fourth-order valence-corrected chi connectivity index (χ4v) is 3.17. The molecule has 2 aromatic heterocycles. The van der Waals surface area contributed by atoms with Crippen LogP contribution in [-0.4, -0.2) is 26.3 Å². The van der Waals surface area contributed by atoms with Gasteiger partial charge in [-0.3, -0.25) is 9.20 Å². The van der Waals surface area contributed by atoms with Crippen LogP contribution in [0, 0.1) is 20.8 Å². The van der Waals surface area contributed by atoms with Crippen molar-refractivity contribution in [2.45, 2.75) is 25.9 Å². The first-order chi connectivity index (χ1) is 9.99. The van der Waals surface area contributed by atoms with E-state index in [0.29, 0.717) is 5.16 Å². The van der Waals surface area contributed by atoms with Crippen LogP contribution in [-0.2, 0) is 4.79 Å². The number of fused-ring (bicyclic) bond motifs is 3. The normalized spacial score (nSPS) is 11.4. The lowest BCUT2D eigenvalue weighted by atomic mass is 10.0. The van der Waals surface area contributed by atoms with Crippen molar-refractivity contribution < 1.29 is 4.79 Å². The van der Waals surface area contributed by atoms with E-state index in [1.54, 1.807) is 0 Å². The zero-order chi connectivity index (χ0) is 15.1. The van der Waals surface area contributed by atoms with Gasteiger partial charge in [0.25, 0.3) is 0 Å². The molecule has 0 aliphatic carbocycles. The van der Waals surface area contributed by atoms with Crippen molar-refractivity contribution in [1.82, 2.24) is 14.6 Å². The van der Waals surface area contributed by atoms with Crippen molar-refractivity contribution in [1.29, 1.82) is 0 Å². The predicted octanol–water partition coefficient (Wildman–Crippen LogP) is 2.39. The molecule has 2 heterocycles. The molecule has 0 spiro atoms. The summed E-state index contributed by atoms with van der Waals surface area (Å²) in [5, 5.41) is 10.3. The van der Waals surface area contributed by atoms with Crippen molar-refractivity contribution in [2.24, 2.45) is 5.73 Å². The number of aryl methyl sites for hydroxylation is 3. The maximum Gasteiger partial charge on any atom is 0.227 e. The summed E-state index contributed by atoms with van der Waals surface area (Å²) in [6, 6.07) is 6.34. The lowest BCUT2D eigenvalue weighted by Gasteiger charge is -2.11. The minimum Gasteiger partial charge on any atom is -0.369 e. The van der Waals surface area contributed by atoms with Crippen LogP contribution in [0.4, 0.5) is 0 Å². The maximum absolute atomic E-state index is 11.0. The van der Waals surface area contributed by atoms with Crippen LogP contribution in [0.3, 0.4) is 0 Å². The average molecular weight is 300 g/mol. The molecule has 0 unspecified atom stereocenters. The highest BCUT2D eigenvalue weighted by molar-refractivity contribution is 7.99. The first-order valence-electron chi connectivity index (χ1n) is 6.65. The van der Waals surface area contributed by atoms with Gasteiger partial charge >= 0.3 is 0 Å². The van der Waals surface area contributed by atoms with Crippen LogP contribution in [0.5, 0.6) is 0 Å². The lowest BCUT2D eigenvalue weighted by molar-refractivity contribution is -0.115. The van der Waals surface area contributed by atoms with Crippen LogP contribution in [0.25, 0.3) is 16.6 Å². The Hall–Kier alpha value is -2.08. The molecule has 6 heteroatoms. The number of aromatic nitrogens is 3. The second-order valence-corrected chi connectivity index (χ2v) is 6.11. The number of primary amides is 1. The van der Waals surface area contributed by atoms with E-state index in [4.69, 9.17) is 5.73 Å². The molecule has 1 amide bonds. The number of nitrogens with two attached hydrogens (primary N) is 1. The summed E-state index contributed by atoms with van der Waals surface area (Å²) in [6.45, 7) is 6.19. The molecule has 2 N–H and O–H groups in total. The van der Waals surface area contributed by atoms with Gasteiger partial charge in [0.2, 0.25) is 5.91 Å². The fourth-order valence-electron chi connectivity index (χ4n) is 2.49. The largest absolute Gasteiger partial charge is 0.369 e. The van der Waals surface area contributed by atoms with Crippen LogP contribution < -0.4 is 5.73 Å². The molecule has 0 saturated heterocycles. The van der Waals surface area contributed by atoms with Gasteiger partial charge in [-0.15, -0.1) is 10.2 Å². The van der Waals surface area contributed by atoms with Gasteiger partial charge in [0, 0.05) is 0 Å². The van der Waals surface area contributed by atoms with E-state index in [0.717, 1.165) is 22.1 Å². The molecule has 3 aromatic rings. The quantitative estimate of drug-likeness (QED) is 0.754. The van der Waals surface area contributed by atoms with E-state index in [1.807, 2.05) is 11.3 Å². The van der Waals surface area contributed by atoms with Crippen molar-refractivity contribution >= 4 is 34.2 Å². The summed E-state index contributed by atoms with van der Waals surface area (Å²) >= 11 is 1.32. The molecule has 0 aliphatic heterocycles. The maximum atomic E-state index is 11.0. The average Bonchev–Trinajstić information content (AvgIpc) is 2.85. The monoisotopic (exact) mass is 300 g/mol. The fraction of sp³-hybridized carbons (Fsp3) is 0.267. The molecule has 3 rings (SSSR count). The number of nitrogens with zero attached hydrogens (tertiary/aromatic N) is 3. The minimum absolute atomic E-state index is 0.196. The molecular formula is C15H16N4OS. The summed E-state index contributed by atoms with van der Waals surface area (Å²) in [4.78, 5) is 11.0. The van der Waals surface area contributed by atoms with Gasteiger partial charge < -0.3 is 5.73 Å². The number of rotatable bonds is 3. The number of hydrogen-bond donors (Lipinski definition) is 1. The van der Waals surface area contributed by atoms with Gasteiger partial charge in [0.15, 0.2) is 10.8 Å². The number of hydrogen-bond acceptors (Lipinski definition) is 4. The Bertz CT molecular complexity index is 869. The molecule has 0 bridgehead atoms. The third-order valence-electron chi connectivity index (χ3n) is 3.66. The SMILES string of the molecule is Cc1ccc2cc(C)c3nnc(SCC(N)=O)n3c2c1C. The third kappa shape index (κ3) is 2.25. The predicted molar refractivity (Wildman–Crippen MR) is 84.6 cm³/mol. The first kappa shape index (κ1) is 13.9. The van der Waals surface area contributed by atoms with Crippen molar-refractivity contribution in [2.75, 3.05) is 5.75 Å². The van der Waals surface area contributed by atoms with Gasteiger partial charge in [-0.25, -0.2) is 0 Å². The topological polar surface area (TPSA) is 73.3 Å². The minimum atomic E-state index is -0.360. The van der Waals surface area contributed by atoms with E-state index in [1.165, 1.54) is 22.9 Å². The van der Waals surface area contributed by atoms with E-state index in [2.05, 4.69) is 42.2 Å². The number of carbonyl (C=O) groups is 1. The number of amides is 1. The van der Waals surface area contributed by atoms with Gasteiger partial charge in [-0.1, -0.05) is 23.9 Å². The van der Waals surface area contributed by atoms with Crippen molar-refractivity contribution in [3.63, 3.8) is 0 Å². The van der Waals surface area contributed by atoms with Crippen LogP contribution in [0.1, 0.15) is 16.7 Å². The zero-order valence-electron chi connectivity index (χ0n) is 12.2. The van der Waals surface area contributed by atoms with Crippen LogP contribution in [0.2, 0.25) is 0 Å². The van der Waals surface area contributed by atoms with Gasteiger partial charge in [0.05, 0.1) is 11.3 Å². The number of benzene rings is 1. The Morgan fingerprint density at radius 2 is 2.00 bits per heavy atom. The molecule has 5 nitrogen and oxygen atoms in total. The molecule has 0 saturated carbocycles. The highest BCUT2D eigenvalue weighted by Gasteiger charge is 2.15. The highest BCUT2D eigenvalue weighted by Crippen LogP contribution is 2.28. The van der Waals surface area contributed by atoms with Crippen LogP contribution >= 0.6 is 11.8 Å². The summed E-state index contributed by atoms with van der Waals surface area (Å²) in [5.74, 6) is -0.164. The standard InChI is InChI=1S/C15H16N4OS/c1-8-4-5-11-6-9(2)14-17-18-15(21-7-12(16)20)19(14)13(11)10(8)3/h4-6H,7H2,1-3H3,(H2,16,20). The summed E-state index contributed by atoms with van der Waals surface area (Å²) in [5.41, 5.74) is 10.6. The summed E-state index contributed by atoms with van der Waals surface area (Å²) in [6.07, 6.45) is 0. The number of pyridine rings is 1. The Labute approximate surface area is 126 Å². The lowest BCUT2D eigenvalue weighted by Crippen LogP contribution is -2.13. The number of carbonyl (C=O) groups excluding carboxylic acids is 1. The Balaban J connectivity index is 2.36. The van der Waals surface area contributed by atoms with Crippen molar-refractivity contribution in [3.05, 3.63) is 34.9 Å². The Kier molecular flexibility index (Phi) is 3.33. The summed E-state index contributed by atoms with van der Waals surface area (Å²) in [7, 11) is 0. The molecule has 0 fully saturated rings. The molecular weight excluding hydrogens is 284 g/mol. The second-order valence-electron chi connectivity index (χ2n) is 5.17. The molecule has 21 heavy (non-hydrogen) atoms. The van der Waals surface area contributed by atoms with Gasteiger partial charge in [0.1, 0.15) is 0 Å². The molecule has 1 aromatic carbocycles. The highest BCUT2D eigenvalue weighted by atomic mass is 32.2. The second kappa shape index (κ2) is 5.04. The molecule has 0 atom stereocenters. The van der Waals surface area contributed by atoms with Gasteiger partial charge in [-0.2, -0.15) is 0 Å². The van der Waals surface area contributed by atoms with Crippen molar-refractivity contribution in [3.8, 4) is 0 Å². The van der Waals surface area contributed by atoms with Crippen LogP contribution in [0.15, 0.2) is 23.4 Å². The molecule has 108 valence electrons. The Morgan fingerprint density at radius 1 is 1.24 bits per heavy atom. The smallest absolute Gasteiger partial charge is 0.227 e. The van der Waals surface area contributed by atoms with Gasteiger partial charge in [-0.05, 0) is 48.9 Å².